The molecule has 0 radical (unpaired) electrons. The molecule has 1 aromatic heterocycles. The number of hydrogen-bond acceptors (Lipinski definition) is 4. The molecule has 1 aliphatic heterocycles. The Balaban J connectivity index is 1.58. The number of fused-ring (bicyclic) bond motifs is 3. The monoisotopic (exact) mass is 365 g/mol. The number of anilines is 1. The van der Waals surface area contributed by atoms with Crippen molar-refractivity contribution in [3.8, 4) is 10.4 Å². The second-order valence-electron chi connectivity index (χ2n) is 5.84. The van der Waals surface area contributed by atoms with Gasteiger partial charge < -0.3 is 5.32 Å². The summed E-state index contributed by atoms with van der Waals surface area (Å²) in [6.07, 6.45) is 0. The molecule has 0 fully saturated rings. The van der Waals surface area contributed by atoms with Gasteiger partial charge in [-0.15, -0.1) is 23.1 Å². The number of nitrogens with one attached hydrogen (secondary N) is 1. The predicted octanol–water partition coefficient (Wildman–Crippen LogP) is 5.48. The fraction of sp³-hybridized carbons (Fsp3) is 0.100. The Morgan fingerprint density at radius 1 is 1.04 bits per heavy atom. The van der Waals surface area contributed by atoms with Gasteiger partial charge in [0, 0.05) is 32.3 Å². The van der Waals surface area contributed by atoms with Crippen molar-refractivity contribution in [2.45, 2.75) is 17.6 Å². The molecular weight excluding hydrogens is 350 g/mol. The minimum Gasteiger partial charge on any atom is -0.321 e. The van der Waals surface area contributed by atoms with Crippen LogP contribution >= 0.6 is 23.1 Å². The average Bonchev–Trinajstić information content (AvgIpc) is 3.07. The van der Waals surface area contributed by atoms with Crippen molar-refractivity contribution in [2.24, 2.45) is 0 Å². The summed E-state index contributed by atoms with van der Waals surface area (Å²) in [7, 11) is 0. The highest BCUT2D eigenvalue weighted by Gasteiger charge is 2.21. The summed E-state index contributed by atoms with van der Waals surface area (Å²) in [5.74, 6) is 0.793. The summed E-state index contributed by atoms with van der Waals surface area (Å²) < 4.78 is 0. The molecule has 1 aliphatic rings. The molecule has 3 aromatic rings. The highest BCUT2D eigenvalue weighted by Crippen LogP contribution is 2.45. The van der Waals surface area contributed by atoms with E-state index in [1.54, 1.807) is 24.3 Å². The first-order valence-corrected chi connectivity index (χ1v) is 9.69. The number of carbonyl (C=O) groups excluding carboxylic acids is 2. The van der Waals surface area contributed by atoms with Gasteiger partial charge in [-0.2, -0.15) is 0 Å². The van der Waals surface area contributed by atoms with Crippen molar-refractivity contribution >= 4 is 40.5 Å². The Hall–Kier alpha value is -2.37. The van der Waals surface area contributed by atoms with Gasteiger partial charge in [0.05, 0.1) is 4.88 Å². The third-order valence-electron chi connectivity index (χ3n) is 4.10. The molecule has 3 nitrogen and oxygen atoms in total. The summed E-state index contributed by atoms with van der Waals surface area (Å²) in [6, 6.07) is 17.3. The molecule has 25 heavy (non-hydrogen) atoms. The van der Waals surface area contributed by atoms with E-state index in [1.165, 1.54) is 39.2 Å². The Kier molecular flexibility index (Phi) is 4.19. The van der Waals surface area contributed by atoms with E-state index in [4.69, 9.17) is 0 Å². The number of rotatable bonds is 3. The highest BCUT2D eigenvalue weighted by atomic mass is 32.2. The van der Waals surface area contributed by atoms with Crippen LogP contribution in [0.2, 0.25) is 0 Å². The fourth-order valence-corrected chi connectivity index (χ4v) is 5.10. The van der Waals surface area contributed by atoms with Gasteiger partial charge in [0.1, 0.15) is 0 Å². The third kappa shape index (κ3) is 3.13. The summed E-state index contributed by atoms with van der Waals surface area (Å²) in [6.45, 7) is 1.53. The molecule has 4 rings (SSSR count). The highest BCUT2D eigenvalue weighted by molar-refractivity contribution is 7.98. The van der Waals surface area contributed by atoms with E-state index in [9.17, 15) is 9.59 Å². The maximum absolute atomic E-state index is 12.6. The van der Waals surface area contributed by atoms with Crippen molar-refractivity contribution < 1.29 is 9.59 Å². The van der Waals surface area contributed by atoms with Crippen LogP contribution in [0.4, 0.5) is 5.69 Å². The molecule has 2 aromatic carbocycles. The van der Waals surface area contributed by atoms with E-state index < -0.39 is 0 Å². The van der Waals surface area contributed by atoms with Gasteiger partial charge >= 0.3 is 0 Å². The summed E-state index contributed by atoms with van der Waals surface area (Å²) in [4.78, 5) is 27.1. The van der Waals surface area contributed by atoms with Crippen molar-refractivity contribution in [1.29, 1.82) is 0 Å². The van der Waals surface area contributed by atoms with Gasteiger partial charge in [-0.1, -0.05) is 18.2 Å². The van der Waals surface area contributed by atoms with Crippen molar-refractivity contribution in [3.05, 3.63) is 70.6 Å². The molecular formula is C20H15NO2S2. The summed E-state index contributed by atoms with van der Waals surface area (Å²) in [5, 5.41) is 2.91. The zero-order valence-corrected chi connectivity index (χ0v) is 15.2. The Labute approximate surface area is 154 Å². The lowest BCUT2D eigenvalue weighted by Gasteiger charge is -2.14. The number of ketones is 1. The number of benzene rings is 2. The molecule has 0 spiro atoms. The summed E-state index contributed by atoms with van der Waals surface area (Å²) >= 11 is 3.34. The summed E-state index contributed by atoms with van der Waals surface area (Å²) in [5.41, 5.74) is 3.75. The van der Waals surface area contributed by atoms with Gasteiger partial charge in [0.2, 0.25) is 0 Å². The van der Waals surface area contributed by atoms with E-state index in [2.05, 4.69) is 17.4 Å². The van der Waals surface area contributed by atoms with Crippen LogP contribution < -0.4 is 5.32 Å². The number of Topliss-reactive ketones (excluding diaryl/α,β-unsaturated/α-hetero) is 1. The van der Waals surface area contributed by atoms with Crippen LogP contribution in [0.3, 0.4) is 0 Å². The van der Waals surface area contributed by atoms with Gasteiger partial charge in [-0.3, -0.25) is 9.59 Å². The van der Waals surface area contributed by atoms with Crippen LogP contribution in [-0.2, 0) is 5.75 Å². The fourth-order valence-electron chi connectivity index (χ4n) is 2.79. The molecule has 0 unspecified atom stereocenters. The zero-order valence-electron chi connectivity index (χ0n) is 13.5. The number of thioether (sulfide) groups is 1. The van der Waals surface area contributed by atoms with E-state index in [1.807, 2.05) is 30.0 Å². The van der Waals surface area contributed by atoms with Crippen LogP contribution in [0.5, 0.6) is 0 Å². The van der Waals surface area contributed by atoms with Gasteiger partial charge in [-0.05, 0) is 48.9 Å². The van der Waals surface area contributed by atoms with E-state index in [0.717, 1.165) is 5.75 Å². The lowest BCUT2D eigenvalue weighted by atomic mass is 10.1. The molecule has 2 heterocycles. The third-order valence-corrected chi connectivity index (χ3v) is 6.43. The number of hydrogen-bond donors (Lipinski definition) is 1. The minimum absolute atomic E-state index is 0.0139. The van der Waals surface area contributed by atoms with Crippen LogP contribution in [0.1, 0.15) is 32.5 Å². The van der Waals surface area contributed by atoms with Crippen molar-refractivity contribution in [1.82, 2.24) is 0 Å². The van der Waals surface area contributed by atoms with E-state index in [0.29, 0.717) is 16.1 Å². The topological polar surface area (TPSA) is 46.2 Å². The van der Waals surface area contributed by atoms with Crippen LogP contribution in [0.25, 0.3) is 10.4 Å². The standard InChI is InChI=1S/C20H15NO2S2/c1-12(22)13-6-8-15(9-7-13)21-20(23)18-10-14-11-24-17-5-3-2-4-16(17)19(14)25-18/h2-10H,11H2,1H3,(H,21,23). The van der Waals surface area contributed by atoms with Crippen LogP contribution in [0.15, 0.2) is 59.5 Å². The molecule has 1 amide bonds. The SMILES string of the molecule is CC(=O)c1ccc(NC(=O)c2cc3c(s2)-c2ccccc2SC3)cc1. The van der Waals surface area contributed by atoms with Gasteiger partial charge in [0.15, 0.2) is 5.78 Å². The second kappa shape index (κ2) is 6.50. The molecule has 124 valence electrons. The molecule has 0 aliphatic carbocycles. The first-order valence-electron chi connectivity index (χ1n) is 7.89. The van der Waals surface area contributed by atoms with Crippen molar-refractivity contribution in [2.75, 3.05) is 5.32 Å². The minimum atomic E-state index is -0.113. The maximum atomic E-state index is 12.6. The largest absolute Gasteiger partial charge is 0.321 e. The molecule has 0 bridgehead atoms. The smallest absolute Gasteiger partial charge is 0.265 e. The number of amides is 1. The predicted molar refractivity (Wildman–Crippen MR) is 104 cm³/mol. The molecule has 0 saturated carbocycles. The Bertz CT molecular complexity index is 974. The molecule has 1 N–H and O–H groups in total. The normalized spacial score (nSPS) is 12.2. The lowest BCUT2D eigenvalue weighted by Crippen LogP contribution is -2.10. The molecule has 0 saturated heterocycles. The Morgan fingerprint density at radius 3 is 2.56 bits per heavy atom. The van der Waals surface area contributed by atoms with Crippen LogP contribution in [-0.4, -0.2) is 11.7 Å². The molecule has 0 atom stereocenters. The molecule has 5 heteroatoms. The second-order valence-corrected chi connectivity index (χ2v) is 7.91. The lowest BCUT2D eigenvalue weighted by molar-refractivity contribution is 0.101. The quantitative estimate of drug-likeness (QED) is 0.626. The van der Waals surface area contributed by atoms with Gasteiger partial charge in [-0.25, -0.2) is 0 Å². The first-order chi connectivity index (χ1) is 12.1. The van der Waals surface area contributed by atoms with Crippen LogP contribution in [0, 0.1) is 0 Å². The first kappa shape index (κ1) is 16.1. The maximum Gasteiger partial charge on any atom is 0.265 e. The van der Waals surface area contributed by atoms with E-state index in [-0.39, 0.29) is 11.7 Å². The van der Waals surface area contributed by atoms with Gasteiger partial charge in [0.25, 0.3) is 5.91 Å². The van der Waals surface area contributed by atoms with Crippen molar-refractivity contribution in [3.63, 3.8) is 0 Å². The number of thiophene rings is 1. The average molecular weight is 365 g/mol. The zero-order chi connectivity index (χ0) is 17.4. The Morgan fingerprint density at radius 2 is 1.80 bits per heavy atom. The number of carbonyl (C=O) groups is 2. The van der Waals surface area contributed by atoms with E-state index >= 15 is 0 Å².